The van der Waals surface area contributed by atoms with Gasteiger partial charge < -0.3 is 4.57 Å². The van der Waals surface area contributed by atoms with E-state index in [0.717, 1.165) is 23.3 Å². The van der Waals surface area contributed by atoms with Crippen LogP contribution in [0.2, 0.25) is 0 Å². The molecule has 1 aliphatic carbocycles. The van der Waals surface area contributed by atoms with Gasteiger partial charge in [-0.1, -0.05) is 12.5 Å². The van der Waals surface area contributed by atoms with Crippen LogP contribution >= 0.6 is 23.4 Å². The predicted molar refractivity (Wildman–Crippen MR) is 88.8 cm³/mol. The highest BCUT2D eigenvalue weighted by Crippen LogP contribution is 2.37. The summed E-state index contributed by atoms with van der Waals surface area (Å²) in [6.45, 7) is 0. The fourth-order valence-corrected chi connectivity index (χ4v) is 4.33. The van der Waals surface area contributed by atoms with Gasteiger partial charge in [0, 0.05) is 11.3 Å². The molecule has 2 aromatic rings. The first-order valence-electron chi connectivity index (χ1n) is 7.27. The Hall–Kier alpha value is -1.18. The molecule has 1 aliphatic rings. The Labute approximate surface area is 134 Å². The number of hydrogen-bond donors (Lipinski definition) is 0. The number of nitriles is 1. The molecule has 0 amide bonds. The van der Waals surface area contributed by atoms with Gasteiger partial charge in [-0.15, -0.1) is 11.6 Å². The van der Waals surface area contributed by atoms with Crippen molar-refractivity contribution in [3.8, 4) is 6.07 Å². The number of halogens is 1. The largest absolute Gasteiger partial charge is 0.324 e. The lowest BCUT2D eigenvalue weighted by Gasteiger charge is -2.30. The molecule has 0 aliphatic heterocycles. The molecule has 0 N–H and O–H groups in total. The molecule has 2 atom stereocenters. The summed E-state index contributed by atoms with van der Waals surface area (Å²) < 4.78 is 2.28. The number of imidazole rings is 1. The fraction of sp³-hybridized carbons (Fsp3) is 0.500. The third-order valence-electron chi connectivity index (χ3n) is 4.33. The minimum Gasteiger partial charge on any atom is -0.324 e. The van der Waals surface area contributed by atoms with Crippen molar-refractivity contribution >= 4 is 34.4 Å². The summed E-state index contributed by atoms with van der Waals surface area (Å²) in [5.41, 5.74) is 2.48. The third-order valence-corrected chi connectivity index (χ3v) is 5.66. The van der Waals surface area contributed by atoms with Crippen LogP contribution in [0.5, 0.6) is 0 Å². The molecule has 1 saturated carbocycles. The van der Waals surface area contributed by atoms with Crippen molar-refractivity contribution in [2.24, 2.45) is 0 Å². The zero-order valence-electron chi connectivity index (χ0n) is 12.1. The molecule has 110 valence electrons. The summed E-state index contributed by atoms with van der Waals surface area (Å²) in [5.74, 6) is 1.28. The number of fused-ring (bicyclic) bond motifs is 1. The van der Waals surface area contributed by atoms with Gasteiger partial charge in [-0.05, 0) is 37.7 Å². The van der Waals surface area contributed by atoms with Gasteiger partial charge in [0.1, 0.15) is 17.4 Å². The van der Waals surface area contributed by atoms with Gasteiger partial charge in [0.25, 0.3) is 0 Å². The second-order valence-electron chi connectivity index (χ2n) is 5.49. The summed E-state index contributed by atoms with van der Waals surface area (Å²) >= 11 is 8.07. The zero-order valence-corrected chi connectivity index (χ0v) is 13.6. The summed E-state index contributed by atoms with van der Waals surface area (Å²) in [6, 6.07) is 8.50. The quantitative estimate of drug-likeness (QED) is 0.782. The van der Waals surface area contributed by atoms with Crippen LogP contribution in [0.3, 0.4) is 0 Å². The van der Waals surface area contributed by atoms with E-state index in [9.17, 15) is 5.26 Å². The lowest BCUT2D eigenvalue weighted by atomic mass is 9.94. The van der Waals surface area contributed by atoms with Crippen molar-refractivity contribution in [1.29, 1.82) is 5.26 Å². The number of para-hydroxylation sites is 1. The molecular weight excluding hydrogens is 302 g/mol. The van der Waals surface area contributed by atoms with Gasteiger partial charge in [-0.3, -0.25) is 0 Å². The van der Waals surface area contributed by atoms with Gasteiger partial charge >= 0.3 is 0 Å². The number of alkyl halides is 1. The number of nitrogens with zero attached hydrogens (tertiary/aromatic N) is 3. The number of rotatable bonds is 3. The summed E-state index contributed by atoms with van der Waals surface area (Å²) in [4.78, 5) is 4.63. The van der Waals surface area contributed by atoms with Crippen molar-refractivity contribution in [3.05, 3.63) is 29.6 Å². The number of hydrogen-bond acceptors (Lipinski definition) is 3. The first kappa shape index (κ1) is 14.7. The normalized spacial score (nSPS) is 22.3. The van der Waals surface area contributed by atoms with E-state index >= 15 is 0 Å². The summed E-state index contributed by atoms with van der Waals surface area (Å²) in [6.07, 6.45) is 7.06. The summed E-state index contributed by atoms with van der Waals surface area (Å²) in [7, 11) is 0. The van der Waals surface area contributed by atoms with E-state index in [2.05, 4.69) is 27.9 Å². The molecule has 2 unspecified atom stereocenters. The molecule has 3 nitrogen and oxygen atoms in total. The monoisotopic (exact) mass is 319 g/mol. The van der Waals surface area contributed by atoms with E-state index in [0.29, 0.717) is 22.7 Å². The van der Waals surface area contributed by atoms with E-state index < -0.39 is 0 Å². The molecule has 5 heteroatoms. The van der Waals surface area contributed by atoms with Crippen LogP contribution in [0.1, 0.15) is 43.1 Å². The topological polar surface area (TPSA) is 41.6 Å². The minimum absolute atomic E-state index is 0.389. The molecule has 3 rings (SSSR count). The van der Waals surface area contributed by atoms with Gasteiger partial charge in [-0.25, -0.2) is 4.98 Å². The highest BCUT2D eigenvalue weighted by molar-refractivity contribution is 7.99. The Bertz CT molecular complexity index is 689. The van der Waals surface area contributed by atoms with E-state index in [4.69, 9.17) is 11.6 Å². The highest BCUT2D eigenvalue weighted by atomic mass is 35.5. The van der Waals surface area contributed by atoms with Crippen molar-refractivity contribution in [3.63, 3.8) is 0 Å². The van der Waals surface area contributed by atoms with E-state index in [1.54, 1.807) is 0 Å². The Balaban J connectivity index is 2.10. The Kier molecular flexibility index (Phi) is 4.42. The predicted octanol–water partition coefficient (Wildman–Crippen LogP) is 4.49. The molecule has 0 bridgehead atoms. The average molecular weight is 320 g/mol. The van der Waals surface area contributed by atoms with Gasteiger partial charge in [-0.2, -0.15) is 17.0 Å². The fourth-order valence-electron chi connectivity index (χ4n) is 3.33. The molecule has 1 fully saturated rings. The Morgan fingerprint density at radius 1 is 1.48 bits per heavy atom. The smallest absolute Gasteiger partial charge is 0.125 e. The maximum Gasteiger partial charge on any atom is 0.125 e. The van der Waals surface area contributed by atoms with Crippen LogP contribution in [0, 0.1) is 11.3 Å². The van der Waals surface area contributed by atoms with Crippen LogP contribution in [0.15, 0.2) is 18.2 Å². The molecule has 1 aromatic carbocycles. The second-order valence-corrected chi connectivity index (χ2v) is 6.90. The number of benzene rings is 1. The van der Waals surface area contributed by atoms with Crippen molar-refractivity contribution in [2.75, 3.05) is 6.26 Å². The molecule has 0 spiro atoms. The van der Waals surface area contributed by atoms with Crippen LogP contribution in [-0.2, 0) is 5.88 Å². The van der Waals surface area contributed by atoms with Gasteiger partial charge in [0.2, 0.25) is 0 Å². The number of aromatic nitrogens is 2. The van der Waals surface area contributed by atoms with Crippen LogP contribution < -0.4 is 0 Å². The third kappa shape index (κ3) is 2.65. The standard InChI is InChI=1S/C16H18ClN3S/c1-21-13-6-3-5-12(8-13)20-14-7-2-4-11(10-18)16(14)19-15(20)9-17/h2,4,7,12-13H,3,5-6,8-9H2,1H3. The molecule has 0 radical (unpaired) electrons. The lowest BCUT2D eigenvalue weighted by Crippen LogP contribution is -2.21. The SMILES string of the molecule is CSC1CCCC(n2c(CCl)nc3c(C#N)cccc32)C1. The first-order chi connectivity index (χ1) is 10.3. The van der Waals surface area contributed by atoms with Crippen LogP contribution in [-0.4, -0.2) is 21.1 Å². The molecule has 21 heavy (non-hydrogen) atoms. The zero-order chi connectivity index (χ0) is 14.8. The Morgan fingerprint density at radius 3 is 3.05 bits per heavy atom. The van der Waals surface area contributed by atoms with Gasteiger partial charge in [0.15, 0.2) is 0 Å². The maximum absolute atomic E-state index is 9.26. The summed E-state index contributed by atoms with van der Waals surface area (Å²) in [5, 5.41) is 9.97. The highest BCUT2D eigenvalue weighted by Gasteiger charge is 2.26. The molecule has 1 heterocycles. The number of thioether (sulfide) groups is 1. The molecule has 1 aromatic heterocycles. The molecular formula is C16H18ClN3S. The van der Waals surface area contributed by atoms with Crippen LogP contribution in [0.25, 0.3) is 11.0 Å². The van der Waals surface area contributed by atoms with E-state index in [1.165, 1.54) is 19.3 Å². The van der Waals surface area contributed by atoms with Crippen LogP contribution in [0.4, 0.5) is 0 Å². The first-order valence-corrected chi connectivity index (χ1v) is 9.09. The maximum atomic E-state index is 9.26. The lowest BCUT2D eigenvalue weighted by molar-refractivity contribution is 0.362. The van der Waals surface area contributed by atoms with E-state index in [1.807, 2.05) is 23.9 Å². The van der Waals surface area contributed by atoms with Crippen molar-refractivity contribution in [1.82, 2.24) is 9.55 Å². The Morgan fingerprint density at radius 2 is 2.33 bits per heavy atom. The molecule has 0 saturated heterocycles. The second kappa shape index (κ2) is 6.29. The van der Waals surface area contributed by atoms with Crippen molar-refractivity contribution < 1.29 is 0 Å². The van der Waals surface area contributed by atoms with Gasteiger partial charge in [0.05, 0.1) is 17.0 Å². The van der Waals surface area contributed by atoms with E-state index in [-0.39, 0.29) is 0 Å². The minimum atomic E-state index is 0.389. The average Bonchev–Trinajstić information content (AvgIpc) is 2.93. The van der Waals surface area contributed by atoms with Crippen molar-refractivity contribution in [2.45, 2.75) is 42.9 Å².